The Morgan fingerprint density at radius 1 is 1.00 bits per heavy atom. The molecule has 1 heterocycles. The average molecular weight is 354 g/mol. The molecule has 0 amide bonds. The topological polar surface area (TPSA) is 76.7 Å². The van der Waals surface area contributed by atoms with Crippen molar-refractivity contribution >= 4 is 23.3 Å². The molecular formula is C20H22N2O4. The molecule has 3 rings (SSSR count). The molecule has 0 aliphatic carbocycles. The third kappa shape index (κ3) is 3.35. The largest absolute Gasteiger partial charge is 0.465 e. The van der Waals surface area contributed by atoms with Gasteiger partial charge in [-0.25, -0.2) is 9.59 Å². The van der Waals surface area contributed by atoms with Gasteiger partial charge in [0.15, 0.2) is 0 Å². The molecule has 0 radical (unpaired) electrons. The second-order valence-electron chi connectivity index (χ2n) is 6.28. The summed E-state index contributed by atoms with van der Waals surface area (Å²) in [6, 6.07) is 12.9. The number of esters is 2. The van der Waals surface area contributed by atoms with Gasteiger partial charge in [0.1, 0.15) is 0 Å². The minimum atomic E-state index is -0.390. The number of carbonyl (C=O) groups excluding carboxylic acids is 2. The monoisotopic (exact) mass is 354 g/mol. The van der Waals surface area contributed by atoms with Gasteiger partial charge in [-0.3, -0.25) is 0 Å². The summed E-state index contributed by atoms with van der Waals surface area (Å²) in [6.45, 7) is 2.05. The Hall–Kier alpha value is -3.02. The van der Waals surface area contributed by atoms with E-state index in [1.54, 1.807) is 18.2 Å². The van der Waals surface area contributed by atoms with Crippen molar-refractivity contribution in [1.82, 2.24) is 0 Å². The summed E-state index contributed by atoms with van der Waals surface area (Å²) >= 11 is 0. The maximum Gasteiger partial charge on any atom is 0.339 e. The molecule has 0 fully saturated rings. The van der Waals surface area contributed by atoms with Crippen molar-refractivity contribution in [2.45, 2.75) is 25.4 Å². The van der Waals surface area contributed by atoms with Crippen LogP contribution >= 0.6 is 0 Å². The molecule has 1 aliphatic rings. The van der Waals surface area contributed by atoms with Crippen LogP contribution in [-0.2, 0) is 9.47 Å². The van der Waals surface area contributed by atoms with Crippen LogP contribution in [0.3, 0.4) is 0 Å². The van der Waals surface area contributed by atoms with Gasteiger partial charge in [-0.2, -0.15) is 0 Å². The van der Waals surface area contributed by atoms with E-state index in [4.69, 9.17) is 9.47 Å². The molecule has 2 aromatic rings. The van der Waals surface area contributed by atoms with Crippen molar-refractivity contribution in [3.8, 4) is 0 Å². The first-order valence-electron chi connectivity index (χ1n) is 8.46. The van der Waals surface area contributed by atoms with Crippen LogP contribution in [0.1, 0.15) is 45.7 Å². The molecule has 0 spiro atoms. The third-order valence-corrected chi connectivity index (χ3v) is 4.52. The fraction of sp³-hybridized carbons (Fsp3) is 0.300. The summed E-state index contributed by atoms with van der Waals surface area (Å²) in [4.78, 5) is 24.1. The van der Waals surface area contributed by atoms with Crippen LogP contribution in [0.15, 0.2) is 42.5 Å². The van der Waals surface area contributed by atoms with Crippen LogP contribution in [0.5, 0.6) is 0 Å². The lowest BCUT2D eigenvalue weighted by molar-refractivity contribution is 0.0593. The first kappa shape index (κ1) is 17.8. The average Bonchev–Trinajstić information content (AvgIpc) is 2.66. The van der Waals surface area contributed by atoms with Gasteiger partial charge in [0, 0.05) is 11.7 Å². The quantitative estimate of drug-likeness (QED) is 0.817. The summed E-state index contributed by atoms with van der Waals surface area (Å²) in [6.07, 6.45) is 0.799. The number of carbonyl (C=O) groups is 2. The van der Waals surface area contributed by atoms with E-state index in [1.165, 1.54) is 14.2 Å². The number of rotatable bonds is 4. The van der Waals surface area contributed by atoms with E-state index < -0.39 is 5.97 Å². The van der Waals surface area contributed by atoms with Gasteiger partial charge in [-0.15, -0.1) is 0 Å². The summed E-state index contributed by atoms with van der Waals surface area (Å²) < 4.78 is 9.77. The van der Waals surface area contributed by atoms with E-state index in [0.717, 1.165) is 17.7 Å². The minimum absolute atomic E-state index is 0.0586. The van der Waals surface area contributed by atoms with Crippen LogP contribution in [0.2, 0.25) is 0 Å². The number of ether oxygens (including phenoxy) is 2. The van der Waals surface area contributed by atoms with Gasteiger partial charge in [0.05, 0.1) is 37.1 Å². The van der Waals surface area contributed by atoms with Crippen molar-refractivity contribution in [2.24, 2.45) is 0 Å². The highest BCUT2D eigenvalue weighted by atomic mass is 16.5. The number of benzene rings is 2. The summed E-state index contributed by atoms with van der Waals surface area (Å²) in [5.74, 6) is -0.768. The normalized spacial score (nSPS) is 18.3. The predicted molar refractivity (Wildman–Crippen MR) is 99.6 cm³/mol. The van der Waals surface area contributed by atoms with Crippen LogP contribution in [-0.4, -0.2) is 32.2 Å². The molecule has 1 aliphatic heterocycles. The predicted octanol–water partition coefficient (Wildman–Crippen LogP) is 3.62. The number of hydrogen-bond acceptors (Lipinski definition) is 6. The van der Waals surface area contributed by atoms with Crippen LogP contribution in [0.4, 0.5) is 11.4 Å². The zero-order chi connectivity index (χ0) is 18.7. The van der Waals surface area contributed by atoms with Crippen molar-refractivity contribution in [3.05, 3.63) is 59.2 Å². The molecule has 0 aromatic heterocycles. The molecule has 2 aromatic carbocycles. The smallest absolute Gasteiger partial charge is 0.339 e. The minimum Gasteiger partial charge on any atom is -0.465 e. The third-order valence-electron chi connectivity index (χ3n) is 4.52. The number of methoxy groups -OCH3 is 2. The summed E-state index contributed by atoms with van der Waals surface area (Å²) in [5, 5.41) is 6.82. The zero-order valence-electron chi connectivity index (χ0n) is 15.0. The van der Waals surface area contributed by atoms with E-state index >= 15 is 0 Å². The fourth-order valence-electron chi connectivity index (χ4n) is 3.31. The molecule has 0 bridgehead atoms. The highest BCUT2D eigenvalue weighted by Crippen LogP contribution is 2.38. The standard InChI is InChI=1S/C20H22N2O4/c1-12-11-17(22-16-10-5-4-7-14(16)19(23)25-2)13-8-6-9-15(18(13)21-12)20(24)26-3/h4-10,12,17,21-22H,11H2,1-3H3/t12-,17+/m1/s1. The molecule has 6 heteroatoms. The van der Waals surface area contributed by atoms with Gasteiger partial charge in [0.25, 0.3) is 0 Å². The molecule has 2 N–H and O–H groups in total. The number of anilines is 2. The van der Waals surface area contributed by atoms with Crippen LogP contribution in [0.25, 0.3) is 0 Å². The maximum absolute atomic E-state index is 12.1. The molecule has 136 valence electrons. The number of fused-ring (bicyclic) bond motifs is 1. The van der Waals surface area contributed by atoms with E-state index in [-0.39, 0.29) is 18.1 Å². The van der Waals surface area contributed by atoms with E-state index in [1.807, 2.05) is 24.3 Å². The number of para-hydroxylation sites is 2. The number of hydrogen-bond donors (Lipinski definition) is 2. The first-order valence-corrected chi connectivity index (χ1v) is 8.46. The molecule has 2 atom stereocenters. The summed E-state index contributed by atoms with van der Waals surface area (Å²) in [5.41, 5.74) is 3.42. The Bertz CT molecular complexity index is 834. The molecule has 0 unspecified atom stereocenters. The van der Waals surface area contributed by atoms with E-state index in [9.17, 15) is 9.59 Å². The van der Waals surface area contributed by atoms with E-state index in [0.29, 0.717) is 16.8 Å². The summed E-state index contributed by atoms with van der Waals surface area (Å²) in [7, 11) is 2.74. The highest BCUT2D eigenvalue weighted by Gasteiger charge is 2.28. The van der Waals surface area contributed by atoms with Crippen molar-refractivity contribution < 1.29 is 19.1 Å². The Kier molecular flexibility index (Phi) is 5.11. The Labute approximate surface area is 152 Å². The van der Waals surface area contributed by atoms with Crippen LogP contribution in [0, 0.1) is 0 Å². The van der Waals surface area contributed by atoms with Crippen molar-refractivity contribution in [1.29, 1.82) is 0 Å². The van der Waals surface area contributed by atoms with Gasteiger partial charge in [-0.05, 0) is 37.1 Å². The Morgan fingerprint density at radius 2 is 1.65 bits per heavy atom. The lowest BCUT2D eigenvalue weighted by Crippen LogP contribution is -2.30. The van der Waals surface area contributed by atoms with Gasteiger partial charge in [0.2, 0.25) is 0 Å². The first-order chi connectivity index (χ1) is 12.5. The SMILES string of the molecule is COC(=O)c1ccccc1N[C@H]1C[C@@H](C)Nc2c(C(=O)OC)cccc21. The van der Waals surface area contributed by atoms with Crippen molar-refractivity contribution in [3.63, 3.8) is 0 Å². The van der Waals surface area contributed by atoms with Crippen molar-refractivity contribution in [2.75, 3.05) is 24.9 Å². The van der Waals surface area contributed by atoms with Gasteiger partial charge < -0.3 is 20.1 Å². The lowest BCUT2D eigenvalue weighted by Gasteiger charge is -2.33. The van der Waals surface area contributed by atoms with Crippen LogP contribution < -0.4 is 10.6 Å². The van der Waals surface area contributed by atoms with E-state index in [2.05, 4.69) is 17.6 Å². The molecule has 26 heavy (non-hydrogen) atoms. The molecule has 0 saturated carbocycles. The molecule has 0 saturated heterocycles. The maximum atomic E-state index is 12.1. The second kappa shape index (κ2) is 7.47. The zero-order valence-corrected chi connectivity index (χ0v) is 15.0. The second-order valence-corrected chi connectivity index (χ2v) is 6.28. The number of nitrogens with one attached hydrogen (secondary N) is 2. The lowest BCUT2D eigenvalue weighted by atomic mass is 9.90. The Morgan fingerprint density at radius 3 is 2.38 bits per heavy atom. The van der Waals surface area contributed by atoms with Gasteiger partial charge >= 0.3 is 11.9 Å². The molecular weight excluding hydrogens is 332 g/mol. The highest BCUT2D eigenvalue weighted by molar-refractivity contribution is 5.97. The molecule has 6 nitrogen and oxygen atoms in total. The Balaban J connectivity index is 2.00. The van der Waals surface area contributed by atoms with Gasteiger partial charge in [-0.1, -0.05) is 24.3 Å². The fourth-order valence-corrected chi connectivity index (χ4v) is 3.31.